The van der Waals surface area contributed by atoms with Gasteiger partial charge < -0.3 is 5.11 Å². The highest BCUT2D eigenvalue weighted by molar-refractivity contribution is 9.10. The van der Waals surface area contributed by atoms with Crippen LogP contribution in [0, 0.1) is 0 Å². The Morgan fingerprint density at radius 3 is 2.62 bits per heavy atom. The third-order valence-corrected chi connectivity index (χ3v) is 3.45. The van der Waals surface area contributed by atoms with Crippen molar-refractivity contribution in [2.24, 2.45) is 0 Å². The van der Waals surface area contributed by atoms with Gasteiger partial charge in [-0.15, -0.1) is 0 Å². The number of hydrogen-bond acceptors (Lipinski definition) is 1. The van der Waals surface area contributed by atoms with Gasteiger partial charge in [0.25, 0.3) is 0 Å². The van der Waals surface area contributed by atoms with Crippen molar-refractivity contribution in [1.82, 2.24) is 0 Å². The molecule has 0 radical (unpaired) electrons. The number of phenols is 1. The van der Waals surface area contributed by atoms with Gasteiger partial charge >= 0.3 is 0 Å². The Balaban J connectivity index is 2.33. The van der Waals surface area contributed by atoms with Gasteiger partial charge in [-0.1, -0.05) is 25.0 Å². The van der Waals surface area contributed by atoms with Gasteiger partial charge in [0.1, 0.15) is 5.75 Å². The Morgan fingerprint density at radius 2 is 1.92 bits per heavy atom. The highest BCUT2D eigenvalue weighted by atomic mass is 79.9. The molecule has 1 saturated carbocycles. The molecule has 0 aliphatic heterocycles. The van der Waals surface area contributed by atoms with Gasteiger partial charge in [-0.25, -0.2) is 0 Å². The van der Waals surface area contributed by atoms with Crippen LogP contribution in [0.2, 0.25) is 0 Å². The Morgan fingerprint density at radius 1 is 1.23 bits per heavy atom. The number of benzene rings is 1. The lowest BCUT2D eigenvalue weighted by atomic mass is 9.97. The molecule has 0 unspecified atom stereocenters. The summed E-state index contributed by atoms with van der Waals surface area (Å²) in [5.74, 6) is 1.02. The Bertz CT molecular complexity index is 303. The number of aromatic hydroxyl groups is 1. The molecule has 0 spiro atoms. The van der Waals surface area contributed by atoms with E-state index >= 15 is 0 Å². The lowest BCUT2D eigenvalue weighted by Gasteiger charge is -2.12. The largest absolute Gasteiger partial charge is 0.506 e. The molecule has 0 atom stereocenters. The van der Waals surface area contributed by atoms with Crippen LogP contribution in [0.25, 0.3) is 0 Å². The third kappa shape index (κ3) is 1.73. The predicted molar refractivity (Wildman–Crippen MR) is 57.0 cm³/mol. The minimum absolute atomic E-state index is 0.439. The van der Waals surface area contributed by atoms with E-state index in [0.29, 0.717) is 11.7 Å². The maximum atomic E-state index is 9.81. The predicted octanol–water partition coefficient (Wildman–Crippen LogP) is 3.81. The second-order valence-corrected chi connectivity index (χ2v) is 4.51. The molecule has 0 amide bonds. The SMILES string of the molecule is Oc1c(Br)cccc1C1CCCC1. The van der Waals surface area contributed by atoms with Crippen LogP contribution in [0.5, 0.6) is 5.75 Å². The molecule has 0 saturated heterocycles. The van der Waals surface area contributed by atoms with E-state index in [2.05, 4.69) is 15.9 Å². The van der Waals surface area contributed by atoms with E-state index in [1.807, 2.05) is 18.2 Å². The summed E-state index contributed by atoms with van der Waals surface area (Å²) in [5, 5.41) is 9.81. The van der Waals surface area contributed by atoms with Crippen molar-refractivity contribution in [3.8, 4) is 5.75 Å². The molecule has 70 valence electrons. The normalized spacial score (nSPS) is 17.9. The summed E-state index contributed by atoms with van der Waals surface area (Å²) >= 11 is 3.34. The number of phenolic OH excluding ortho intramolecular Hbond substituents is 1. The number of hydrogen-bond donors (Lipinski definition) is 1. The summed E-state index contributed by atoms with van der Waals surface area (Å²) in [4.78, 5) is 0. The van der Waals surface area contributed by atoms with Crippen molar-refractivity contribution in [2.75, 3.05) is 0 Å². The fourth-order valence-electron chi connectivity index (χ4n) is 2.10. The monoisotopic (exact) mass is 240 g/mol. The zero-order valence-corrected chi connectivity index (χ0v) is 9.05. The Kier molecular flexibility index (Phi) is 2.58. The van der Waals surface area contributed by atoms with Crippen LogP contribution in [0.4, 0.5) is 0 Å². The molecule has 0 heterocycles. The summed E-state index contributed by atoms with van der Waals surface area (Å²) in [6.07, 6.45) is 5.06. The van der Waals surface area contributed by atoms with E-state index in [-0.39, 0.29) is 0 Å². The van der Waals surface area contributed by atoms with Crippen LogP contribution in [0.1, 0.15) is 37.2 Å². The molecule has 2 rings (SSSR count). The molecule has 1 aromatic carbocycles. The first-order valence-corrected chi connectivity index (χ1v) is 5.55. The second kappa shape index (κ2) is 3.70. The van der Waals surface area contributed by atoms with E-state index in [9.17, 15) is 5.11 Å². The summed E-state index contributed by atoms with van der Waals surface area (Å²) < 4.78 is 0.817. The minimum Gasteiger partial charge on any atom is -0.506 e. The van der Waals surface area contributed by atoms with Crippen LogP contribution >= 0.6 is 15.9 Å². The summed E-state index contributed by atoms with van der Waals surface area (Å²) in [6, 6.07) is 5.92. The Labute approximate surface area is 86.9 Å². The quantitative estimate of drug-likeness (QED) is 0.792. The van der Waals surface area contributed by atoms with Crippen LogP contribution in [0.3, 0.4) is 0 Å². The zero-order valence-electron chi connectivity index (χ0n) is 7.46. The number of rotatable bonds is 1. The molecule has 1 nitrogen and oxygen atoms in total. The van der Waals surface area contributed by atoms with Gasteiger partial charge in [0.15, 0.2) is 0 Å². The van der Waals surface area contributed by atoms with E-state index in [0.717, 1.165) is 10.0 Å². The lowest BCUT2D eigenvalue weighted by molar-refractivity contribution is 0.457. The zero-order chi connectivity index (χ0) is 9.26. The Hall–Kier alpha value is -0.500. The first kappa shape index (κ1) is 9.07. The van der Waals surface area contributed by atoms with Gasteiger partial charge in [0.2, 0.25) is 0 Å². The van der Waals surface area contributed by atoms with Crippen LogP contribution < -0.4 is 0 Å². The summed E-state index contributed by atoms with van der Waals surface area (Å²) in [6.45, 7) is 0. The molecule has 0 aromatic heterocycles. The van der Waals surface area contributed by atoms with Crippen LogP contribution in [0.15, 0.2) is 22.7 Å². The molecule has 1 N–H and O–H groups in total. The molecule has 1 aliphatic carbocycles. The van der Waals surface area contributed by atoms with Gasteiger partial charge in [-0.2, -0.15) is 0 Å². The smallest absolute Gasteiger partial charge is 0.133 e. The third-order valence-electron chi connectivity index (χ3n) is 2.81. The van der Waals surface area contributed by atoms with E-state index in [1.54, 1.807) is 0 Å². The maximum absolute atomic E-state index is 9.81. The van der Waals surface area contributed by atoms with Gasteiger partial charge in [-0.05, 0) is 46.3 Å². The molecule has 0 bridgehead atoms. The summed E-state index contributed by atoms with van der Waals surface area (Å²) in [7, 11) is 0. The van der Waals surface area contributed by atoms with E-state index < -0.39 is 0 Å². The van der Waals surface area contributed by atoms with Crippen molar-refractivity contribution in [3.05, 3.63) is 28.2 Å². The highest BCUT2D eigenvalue weighted by Crippen LogP contribution is 2.40. The number of halogens is 1. The first-order chi connectivity index (χ1) is 6.29. The molecule has 1 fully saturated rings. The van der Waals surface area contributed by atoms with Crippen molar-refractivity contribution >= 4 is 15.9 Å². The van der Waals surface area contributed by atoms with E-state index in [1.165, 1.54) is 25.7 Å². The van der Waals surface area contributed by atoms with Gasteiger partial charge in [-0.3, -0.25) is 0 Å². The van der Waals surface area contributed by atoms with Crippen LogP contribution in [-0.2, 0) is 0 Å². The van der Waals surface area contributed by atoms with Crippen molar-refractivity contribution < 1.29 is 5.11 Å². The maximum Gasteiger partial charge on any atom is 0.133 e. The van der Waals surface area contributed by atoms with Gasteiger partial charge in [0.05, 0.1) is 4.47 Å². The van der Waals surface area contributed by atoms with Crippen molar-refractivity contribution in [2.45, 2.75) is 31.6 Å². The number of para-hydroxylation sites is 1. The minimum atomic E-state index is 0.439. The fraction of sp³-hybridized carbons (Fsp3) is 0.455. The molecule has 1 aliphatic rings. The van der Waals surface area contributed by atoms with Gasteiger partial charge in [0, 0.05) is 0 Å². The molecule has 1 aromatic rings. The highest BCUT2D eigenvalue weighted by Gasteiger charge is 2.20. The second-order valence-electron chi connectivity index (χ2n) is 3.66. The average Bonchev–Trinajstić information content (AvgIpc) is 2.62. The molecular formula is C11H13BrO. The molecule has 13 heavy (non-hydrogen) atoms. The standard InChI is InChI=1S/C11H13BrO/c12-10-7-3-6-9(11(10)13)8-4-1-2-5-8/h3,6-8,13H,1-2,4-5H2. The topological polar surface area (TPSA) is 20.2 Å². The van der Waals surface area contributed by atoms with Crippen LogP contribution in [-0.4, -0.2) is 5.11 Å². The fourth-order valence-corrected chi connectivity index (χ4v) is 2.48. The molecular weight excluding hydrogens is 228 g/mol. The van der Waals surface area contributed by atoms with E-state index in [4.69, 9.17) is 0 Å². The average molecular weight is 241 g/mol. The first-order valence-electron chi connectivity index (χ1n) is 4.76. The lowest BCUT2D eigenvalue weighted by Crippen LogP contribution is -1.92. The van der Waals surface area contributed by atoms with Crippen molar-refractivity contribution in [3.63, 3.8) is 0 Å². The molecule has 2 heteroatoms. The van der Waals surface area contributed by atoms with Crippen molar-refractivity contribution in [1.29, 1.82) is 0 Å². The summed E-state index contributed by atoms with van der Waals surface area (Å²) in [5.41, 5.74) is 1.12.